The Morgan fingerprint density at radius 3 is 1.42 bits per heavy atom. The van der Waals surface area contributed by atoms with E-state index >= 15 is 0 Å². The van der Waals surface area contributed by atoms with E-state index in [-0.39, 0.29) is 5.92 Å². The molecule has 3 heteroatoms. The molecule has 0 fully saturated rings. The quantitative estimate of drug-likeness (QED) is 0.237. The first-order valence-electron chi connectivity index (χ1n) is 11.5. The highest BCUT2D eigenvalue weighted by molar-refractivity contribution is 5.69. The molecule has 0 heterocycles. The van der Waals surface area contributed by atoms with Crippen LogP contribution in [-0.2, 0) is 4.79 Å². The van der Waals surface area contributed by atoms with Crippen molar-refractivity contribution in [3.05, 3.63) is 0 Å². The molecule has 0 aliphatic rings. The van der Waals surface area contributed by atoms with Gasteiger partial charge in [0.05, 0.1) is 5.92 Å². The molecule has 3 nitrogen and oxygen atoms in total. The fraction of sp³-hybridized carbons (Fsp3) is 0.957. The van der Waals surface area contributed by atoms with Crippen LogP contribution < -0.4 is 0 Å². The number of carboxylic acid groups (broad SMARTS) is 1. The summed E-state index contributed by atoms with van der Waals surface area (Å²) >= 11 is 0. The molecule has 0 radical (unpaired) electrons. The van der Waals surface area contributed by atoms with Gasteiger partial charge in [-0.1, -0.05) is 110 Å². The molecule has 0 amide bonds. The van der Waals surface area contributed by atoms with E-state index in [4.69, 9.17) is 5.11 Å². The van der Waals surface area contributed by atoms with Crippen LogP contribution in [0, 0.1) is 5.92 Å². The smallest absolute Gasteiger partial charge is 0.307 e. The molecule has 0 spiro atoms. The lowest BCUT2D eigenvalue weighted by Gasteiger charge is -2.18. The van der Waals surface area contributed by atoms with E-state index < -0.39 is 5.97 Å². The van der Waals surface area contributed by atoms with Crippen molar-refractivity contribution in [2.75, 3.05) is 20.1 Å². The third-order valence-electron chi connectivity index (χ3n) is 5.40. The maximum absolute atomic E-state index is 10.8. The summed E-state index contributed by atoms with van der Waals surface area (Å²) in [7, 11) is 2.03. The van der Waals surface area contributed by atoms with Gasteiger partial charge in [-0.05, 0) is 20.0 Å². The van der Waals surface area contributed by atoms with E-state index in [0.717, 1.165) is 6.54 Å². The van der Waals surface area contributed by atoms with E-state index in [1.165, 1.54) is 103 Å². The summed E-state index contributed by atoms with van der Waals surface area (Å²) in [5.41, 5.74) is 0. The van der Waals surface area contributed by atoms with Crippen LogP contribution in [0.1, 0.15) is 117 Å². The lowest BCUT2D eigenvalue weighted by Crippen LogP contribution is -2.29. The van der Waals surface area contributed by atoms with Crippen LogP contribution in [0.15, 0.2) is 0 Å². The van der Waals surface area contributed by atoms with Crippen molar-refractivity contribution >= 4 is 5.97 Å². The third-order valence-corrected chi connectivity index (χ3v) is 5.40. The van der Waals surface area contributed by atoms with Crippen LogP contribution >= 0.6 is 0 Å². The van der Waals surface area contributed by atoms with Gasteiger partial charge in [0.25, 0.3) is 0 Å². The first kappa shape index (κ1) is 25.4. The fourth-order valence-electron chi connectivity index (χ4n) is 3.57. The Kier molecular flexibility index (Phi) is 18.8. The zero-order chi connectivity index (χ0) is 19.5. The summed E-state index contributed by atoms with van der Waals surface area (Å²) in [5, 5.41) is 8.92. The second-order valence-electron chi connectivity index (χ2n) is 8.30. The average Bonchev–Trinajstić information content (AvgIpc) is 2.61. The molecular weight excluding hydrogens is 322 g/mol. The second-order valence-corrected chi connectivity index (χ2v) is 8.30. The van der Waals surface area contributed by atoms with Crippen LogP contribution in [0.4, 0.5) is 0 Å². The van der Waals surface area contributed by atoms with Crippen molar-refractivity contribution in [1.82, 2.24) is 4.90 Å². The Morgan fingerprint density at radius 1 is 0.731 bits per heavy atom. The normalized spacial score (nSPS) is 12.6. The molecule has 0 aliphatic carbocycles. The number of rotatable bonds is 20. The molecule has 0 rings (SSSR count). The highest BCUT2D eigenvalue weighted by Crippen LogP contribution is 2.13. The predicted octanol–water partition coefficient (Wildman–Crippen LogP) is 6.90. The Labute approximate surface area is 163 Å². The van der Waals surface area contributed by atoms with Crippen molar-refractivity contribution in [2.45, 2.75) is 117 Å². The second kappa shape index (κ2) is 19.2. The van der Waals surface area contributed by atoms with Gasteiger partial charge in [-0.25, -0.2) is 0 Å². The van der Waals surface area contributed by atoms with Crippen LogP contribution in [0.2, 0.25) is 0 Å². The molecular formula is C23H47NO2. The summed E-state index contributed by atoms with van der Waals surface area (Å²) in [5.74, 6) is -0.954. The van der Waals surface area contributed by atoms with Gasteiger partial charge in [0.2, 0.25) is 0 Å². The van der Waals surface area contributed by atoms with Gasteiger partial charge in [0.15, 0.2) is 0 Å². The Bertz CT molecular complexity index is 307. The Morgan fingerprint density at radius 2 is 1.08 bits per heavy atom. The maximum atomic E-state index is 10.8. The summed E-state index contributed by atoms with van der Waals surface area (Å²) < 4.78 is 0. The molecule has 156 valence electrons. The molecule has 0 aromatic rings. The number of carboxylic acids is 1. The van der Waals surface area contributed by atoms with Gasteiger partial charge < -0.3 is 10.0 Å². The molecule has 0 aromatic carbocycles. The third kappa shape index (κ3) is 18.2. The minimum absolute atomic E-state index is 0.263. The first-order valence-corrected chi connectivity index (χ1v) is 11.5. The van der Waals surface area contributed by atoms with Gasteiger partial charge in [-0.15, -0.1) is 0 Å². The summed E-state index contributed by atoms with van der Waals surface area (Å²) in [6.45, 7) is 5.75. The highest BCUT2D eigenvalue weighted by Gasteiger charge is 2.12. The van der Waals surface area contributed by atoms with Gasteiger partial charge in [-0.2, -0.15) is 0 Å². The van der Waals surface area contributed by atoms with Gasteiger partial charge >= 0.3 is 5.97 Å². The molecule has 1 unspecified atom stereocenters. The van der Waals surface area contributed by atoms with Crippen molar-refractivity contribution in [3.8, 4) is 0 Å². The van der Waals surface area contributed by atoms with Gasteiger partial charge in [0, 0.05) is 6.54 Å². The van der Waals surface area contributed by atoms with Crippen molar-refractivity contribution in [3.63, 3.8) is 0 Å². The maximum Gasteiger partial charge on any atom is 0.307 e. The molecule has 26 heavy (non-hydrogen) atoms. The van der Waals surface area contributed by atoms with Crippen LogP contribution in [0.5, 0.6) is 0 Å². The molecule has 0 bridgehead atoms. The largest absolute Gasteiger partial charge is 0.481 e. The fourth-order valence-corrected chi connectivity index (χ4v) is 3.57. The summed E-state index contributed by atoms with van der Waals surface area (Å²) in [6.07, 6.45) is 22.3. The van der Waals surface area contributed by atoms with Crippen molar-refractivity contribution < 1.29 is 9.90 Å². The molecule has 0 saturated carbocycles. The Hall–Kier alpha value is -0.570. The van der Waals surface area contributed by atoms with E-state index in [1.54, 1.807) is 6.92 Å². The number of hydrogen-bond acceptors (Lipinski definition) is 2. The van der Waals surface area contributed by atoms with Crippen LogP contribution in [0.25, 0.3) is 0 Å². The lowest BCUT2D eigenvalue weighted by atomic mass is 10.0. The molecule has 1 atom stereocenters. The zero-order valence-electron chi connectivity index (χ0n) is 18.1. The van der Waals surface area contributed by atoms with E-state index in [0.29, 0.717) is 6.54 Å². The van der Waals surface area contributed by atoms with Crippen molar-refractivity contribution in [2.24, 2.45) is 5.92 Å². The van der Waals surface area contributed by atoms with E-state index in [2.05, 4.69) is 11.8 Å². The van der Waals surface area contributed by atoms with Crippen LogP contribution in [-0.4, -0.2) is 36.1 Å². The Balaban J connectivity index is 3.16. The average molecular weight is 370 g/mol. The predicted molar refractivity (Wildman–Crippen MR) is 114 cm³/mol. The van der Waals surface area contributed by atoms with Crippen LogP contribution in [0.3, 0.4) is 0 Å². The number of carbonyl (C=O) groups is 1. The molecule has 1 N–H and O–H groups in total. The number of nitrogens with zero attached hydrogens (tertiary/aromatic N) is 1. The summed E-state index contributed by atoms with van der Waals surface area (Å²) in [6, 6.07) is 0. The van der Waals surface area contributed by atoms with E-state index in [1.807, 2.05) is 7.05 Å². The molecule has 0 saturated heterocycles. The number of aliphatic carboxylic acids is 1. The minimum Gasteiger partial charge on any atom is -0.481 e. The lowest BCUT2D eigenvalue weighted by molar-refractivity contribution is -0.141. The van der Waals surface area contributed by atoms with Gasteiger partial charge in [0.1, 0.15) is 0 Å². The molecule has 0 aliphatic heterocycles. The zero-order valence-corrected chi connectivity index (χ0v) is 18.1. The van der Waals surface area contributed by atoms with E-state index in [9.17, 15) is 4.79 Å². The molecule has 0 aromatic heterocycles. The first-order chi connectivity index (χ1) is 12.6. The number of hydrogen-bond donors (Lipinski definition) is 1. The number of unbranched alkanes of at least 4 members (excludes halogenated alkanes) is 15. The standard InChI is InChI=1S/C23H47NO2/c1-4-5-6-7-8-9-10-11-12-13-14-15-16-17-18-19-20-24(3)21-22(2)23(25)26/h22H,4-21H2,1-3H3,(H,25,26). The minimum atomic E-state index is -0.691. The monoisotopic (exact) mass is 369 g/mol. The topological polar surface area (TPSA) is 40.5 Å². The van der Waals surface area contributed by atoms with Gasteiger partial charge in [-0.3, -0.25) is 4.79 Å². The SMILES string of the molecule is CCCCCCCCCCCCCCCCCCN(C)CC(C)C(=O)O. The highest BCUT2D eigenvalue weighted by atomic mass is 16.4. The van der Waals surface area contributed by atoms with Crippen molar-refractivity contribution in [1.29, 1.82) is 0 Å². The summed E-state index contributed by atoms with van der Waals surface area (Å²) in [4.78, 5) is 13.0.